The van der Waals surface area contributed by atoms with Crippen LogP contribution in [0.25, 0.3) is 0 Å². The van der Waals surface area contributed by atoms with Gasteiger partial charge in [0.2, 0.25) is 0 Å². The molecule has 0 aliphatic rings. The number of amides is 1. The third-order valence-corrected chi connectivity index (χ3v) is 3.41. The monoisotopic (exact) mass is 356 g/mol. The third kappa shape index (κ3) is 5.59. The van der Waals surface area contributed by atoms with E-state index < -0.39 is 11.0 Å². The number of rotatable bonds is 8. The van der Waals surface area contributed by atoms with Crippen LogP contribution in [0.2, 0.25) is 0 Å². The molecule has 8 nitrogen and oxygen atoms in total. The van der Waals surface area contributed by atoms with Crippen molar-refractivity contribution in [2.75, 3.05) is 11.9 Å². The van der Waals surface area contributed by atoms with E-state index in [1.54, 1.807) is 19.1 Å². The molecule has 2 rings (SSSR count). The summed E-state index contributed by atoms with van der Waals surface area (Å²) in [5, 5.41) is 17.6. The number of nitro groups is 1. The van der Waals surface area contributed by atoms with E-state index in [1.807, 2.05) is 31.2 Å². The van der Waals surface area contributed by atoms with Gasteiger partial charge in [-0.15, -0.1) is 0 Å². The molecule has 0 fully saturated rings. The van der Waals surface area contributed by atoms with Gasteiger partial charge in [0, 0.05) is 23.4 Å². The molecule has 0 aliphatic heterocycles. The maximum atomic E-state index is 12.1. The normalized spacial score (nSPS) is 11.8. The van der Waals surface area contributed by atoms with Crippen molar-refractivity contribution in [1.29, 1.82) is 0 Å². The molecule has 0 bridgehead atoms. The summed E-state index contributed by atoms with van der Waals surface area (Å²) in [6.45, 7) is 4.20. The minimum absolute atomic E-state index is 0.0363. The first-order valence-electron chi connectivity index (χ1n) is 8.06. The average molecular weight is 356 g/mol. The molecule has 1 atom stereocenters. The quantitative estimate of drug-likeness (QED) is 0.430. The predicted molar refractivity (Wildman–Crippen MR) is 99.5 cm³/mol. The van der Waals surface area contributed by atoms with Crippen molar-refractivity contribution in [3.63, 3.8) is 0 Å². The summed E-state index contributed by atoms with van der Waals surface area (Å²) in [6, 6.07) is 12.7. The third-order valence-electron chi connectivity index (χ3n) is 3.41. The number of carbonyl (C=O) groups excluding carboxylic acids is 1. The van der Waals surface area contributed by atoms with Gasteiger partial charge in [0.1, 0.15) is 11.8 Å². The number of nitro benzene ring substituents is 1. The van der Waals surface area contributed by atoms with Gasteiger partial charge in [-0.05, 0) is 38.1 Å². The van der Waals surface area contributed by atoms with E-state index >= 15 is 0 Å². The summed E-state index contributed by atoms with van der Waals surface area (Å²) in [5.41, 5.74) is 3.67. The van der Waals surface area contributed by atoms with Crippen LogP contribution in [-0.2, 0) is 4.79 Å². The first-order chi connectivity index (χ1) is 12.5. The Balaban J connectivity index is 1.88. The molecule has 1 amide bonds. The lowest BCUT2D eigenvalue weighted by atomic mass is 10.2. The van der Waals surface area contributed by atoms with Crippen LogP contribution in [0.4, 0.5) is 11.4 Å². The van der Waals surface area contributed by atoms with Crippen LogP contribution in [0.15, 0.2) is 53.6 Å². The van der Waals surface area contributed by atoms with Gasteiger partial charge in [-0.1, -0.05) is 12.1 Å². The van der Waals surface area contributed by atoms with Crippen LogP contribution in [0.5, 0.6) is 5.75 Å². The van der Waals surface area contributed by atoms with Gasteiger partial charge in [-0.2, -0.15) is 5.10 Å². The maximum absolute atomic E-state index is 12.1. The molecule has 0 saturated heterocycles. The van der Waals surface area contributed by atoms with Gasteiger partial charge in [0.25, 0.3) is 11.6 Å². The number of benzene rings is 2. The molecule has 136 valence electrons. The molecule has 0 saturated carbocycles. The van der Waals surface area contributed by atoms with Crippen molar-refractivity contribution in [3.8, 4) is 5.75 Å². The highest BCUT2D eigenvalue weighted by Crippen LogP contribution is 2.16. The second-order valence-electron chi connectivity index (χ2n) is 5.41. The van der Waals surface area contributed by atoms with Crippen molar-refractivity contribution in [1.82, 2.24) is 5.43 Å². The lowest BCUT2D eigenvalue weighted by molar-refractivity contribution is -0.384. The predicted octanol–water partition coefficient (Wildman–Crippen LogP) is 2.94. The largest absolute Gasteiger partial charge is 0.494 e. The number of anilines is 1. The molecule has 26 heavy (non-hydrogen) atoms. The molecule has 2 aromatic rings. The van der Waals surface area contributed by atoms with E-state index in [0.29, 0.717) is 12.2 Å². The van der Waals surface area contributed by atoms with E-state index in [4.69, 9.17) is 4.74 Å². The van der Waals surface area contributed by atoms with Crippen molar-refractivity contribution in [3.05, 3.63) is 64.2 Å². The molecule has 8 heteroatoms. The van der Waals surface area contributed by atoms with E-state index in [1.165, 1.54) is 18.3 Å². The number of nitrogens with one attached hydrogen (secondary N) is 2. The molecule has 0 heterocycles. The molecule has 2 aromatic carbocycles. The van der Waals surface area contributed by atoms with Gasteiger partial charge < -0.3 is 10.1 Å². The number of hydrogen-bond acceptors (Lipinski definition) is 6. The van der Waals surface area contributed by atoms with Crippen LogP contribution in [0.1, 0.15) is 19.4 Å². The fraction of sp³-hybridized carbons (Fsp3) is 0.222. The lowest BCUT2D eigenvalue weighted by Crippen LogP contribution is -2.34. The number of non-ortho nitro benzene ring substituents is 1. The SMILES string of the molecule is CCOc1ccc(N[C@H](C)C(=O)N/N=C\c2cccc([N+](=O)[O-])c2)cc1. The van der Waals surface area contributed by atoms with Crippen LogP contribution >= 0.6 is 0 Å². The number of hydrazone groups is 1. The molecule has 0 spiro atoms. The van der Waals surface area contributed by atoms with Crippen LogP contribution in [0, 0.1) is 10.1 Å². The minimum atomic E-state index is -0.518. The smallest absolute Gasteiger partial charge is 0.270 e. The highest BCUT2D eigenvalue weighted by atomic mass is 16.6. The summed E-state index contributed by atoms with van der Waals surface area (Å²) in [5.74, 6) is 0.428. The first-order valence-corrected chi connectivity index (χ1v) is 8.06. The van der Waals surface area contributed by atoms with Gasteiger partial charge in [0.15, 0.2) is 0 Å². The van der Waals surface area contributed by atoms with Gasteiger partial charge in [0.05, 0.1) is 17.7 Å². The number of nitrogens with zero attached hydrogens (tertiary/aromatic N) is 2. The van der Waals surface area contributed by atoms with E-state index in [0.717, 1.165) is 11.4 Å². The molecule has 0 aromatic heterocycles. The summed E-state index contributed by atoms with van der Waals surface area (Å²) in [6.07, 6.45) is 1.36. The Hall–Kier alpha value is -3.42. The maximum Gasteiger partial charge on any atom is 0.270 e. The topological polar surface area (TPSA) is 106 Å². The second-order valence-corrected chi connectivity index (χ2v) is 5.41. The van der Waals surface area contributed by atoms with Crippen molar-refractivity contribution < 1.29 is 14.5 Å². The van der Waals surface area contributed by atoms with Gasteiger partial charge >= 0.3 is 0 Å². The zero-order valence-corrected chi connectivity index (χ0v) is 14.5. The van der Waals surface area contributed by atoms with Crippen LogP contribution < -0.4 is 15.5 Å². The molecule has 0 unspecified atom stereocenters. The minimum Gasteiger partial charge on any atom is -0.494 e. The Labute approximate surface area is 151 Å². The Morgan fingerprint density at radius 1 is 1.31 bits per heavy atom. The molecular formula is C18H20N4O4. The number of carbonyl (C=O) groups is 1. The highest BCUT2D eigenvalue weighted by molar-refractivity contribution is 5.86. The second kappa shape index (κ2) is 9.16. The standard InChI is InChI=1S/C18H20N4O4/c1-3-26-17-9-7-15(8-10-17)20-13(2)18(23)21-19-12-14-5-4-6-16(11-14)22(24)25/h4-13,20H,3H2,1-2H3,(H,21,23)/b19-12-/t13-/m1/s1. The zero-order chi connectivity index (χ0) is 18.9. The van der Waals surface area contributed by atoms with Crippen molar-refractivity contribution in [2.45, 2.75) is 19.9 Å². The van der Waals surface area contributed by atoms with Gasteiger partial charge in [-0.25, -0.2) is 5.43 Å². The van der Waals surface area contributed by atoms with E-state index in [-0.39, 0.29) is 11.6 Å². The summed E-state index contributed by atoms with van der Waals surface area (Å²) in [4.78, 5) is 22.3. The Kier molecular flexibility index (Phi) is 6.67. The fourth-order valence-electron chi connectivity index (χ4n) is 2.12. The summed E-state index contributed by atoms with van der Waals surface area (Å²) in [7, 11) is 0. The van der Waals surface area contributed by atoms with Crippen molar-refractivity contribution >= 4 is 23.5 Å². The Morgan fingerprint density at radius 3 is 2.69 bits per heavy atom. The molecular weight excluding hydrogens is 336 g/mol. The average Bonchev–Trinajstić information content (AvgIpc) is 2.63. The first kappa shape index (κ1) is 18.9. The molecule has 0 aliphatic carbocycles. The Morgan fingerprint density at radius 2 is 2.04 bits per heavy atom. The van der Waals surface area contributed by atoms with Crippen LogP contribution in [0.3, 0.4) is 0 Å². The van der Waals surface area contributed by atoms with Gasteiger partial charge in [-0.3, -0.25) is 14.9 Å². The van der Waals surface area contributed by atoms with Crippen molar-refractivity contribution in [2.24, 2.45) is 5.10 Å². The Bertz CT molecular complexity index is 790. The number of hydrogen-bond donors (Lipinski definition) is 2. The van der Waals surface area contributed by atoms with Crippen LogP contribution in [-0.4, -0.2) is 29.7 Å². The fourth-order valence-corrected chi connectivity index (χ4v) is 2.12. The number of ether oxygens (including phenoxy) is 1. The summed E-state index contributed by atoms with van der Waals surface area (Å²) < 4.78 is 5.36. The van der Waals surface area contributed by atoms with E-state index in [2.05, 4.69) is 15.8 Å². The molecule has 0 radical (unpaired) electrons. The lowest BCUT2D eigenvalue weighted by Gasteiger charge is -2.13. The highest BCUT2D eigenvalue weighted by Gasteiger charge is 2.11. The molecule has 2 N–H and O–H groups in total. The zero-order valence-electron chi connectivity index (χ0n) is 14.5. The summed E-state index contributed by atoms with van der Waals surface area (Å²) >= 11 is 0. The van der Waals surface area contributed by atoms with E-state index in [9.17, 15) is 14.9 Å².